The Morgan fingerprint density at radius 2 is 1.76 bits per heavy atom. The Bertz CT molecular complexity index is 1500. The van der Waals surface area contributed by atoms with Crippen LogP contribution in [0.25, 0.3) is 10.8 Å². The maximum Gasteiger partial charge on any atom is 0.425 e. The van der Waals surface area contributed by atoms with E-state index in [2.05, 4.69) is 10.3 Å². The van der Waals surface area contributed by atoms with Gasteiger partial charge in [-0.1, -0.05) is 0 Å². The van der Waals surface area contributed by atoms with E-state index in [1.807, 2.05) is 0 Å². The number of amides is 2. The number of pyridine rings is 1. The Balaban J connectivity index is 1.51. The summed E-state index contributed by atoms with van der Waals surface area (Å²) in [6.07, 6.45) is -6.24. The van der Waals surface area contributed by atoms with Crippen LogP contribution in [0.5, 0.6) is 5.75 Å². The number of benzene rings is 2. The number of nitrogens with zero attached hydrogens (tertiary/aromatic N) is 2. The smallest absolute Gasteiger partial charge is 0.425 e. The number of hydrogen-bond donors (Lipinski definition) is 3. The van der Waals surface area contributed by atoms with E-state index in [9.17, 15) is 37.4 Å². The Labute approximate surface area is 236 Å². The molecule has 3 aromatic rings. The van der Waals surface area contributed by atoms with Crippen LogP contribution in [0, 0.1) is 11.6 Å². The zero-order valence-electron chi connectivity index (χ0n) is 22.8. The first-order valence-corrected chi connectivity index (χ1v) is 12.8. The second-order valence-corrected chi connectivity index (χ2v) is 10.8. The van der Waals surface area contributed by atoms with Gasteiger partial charge in [0.25, 0.3) is 0 Å². The van der Waals surface area contributed by atoms with Crippen LogP contribution < -0.4 is 15.0 Å². The number of anilines is 1. The lowest BCUT2D eigenvalue weighted by Gasteiger charge is -2.36. The van der Waals surface area contributed by atoms with E-state index in [-0.39, 0.29) is 40.7 Å². The second kappa shape index (κ2) is 11.7. The minimum absolute atomic E-state index is 0.0524. The van der Waals surface area contributed by atoms with Crippen molar-refractivity contribution in [1.82, 2.24) is 10.3 Å². The highest BCUT2D eigenvalue weighted by Crippen LogP contribution is 2.35. The Morgan fingerprint density at radius 1 is 1.07 bits per heavy atom. The molecular formula is C28H28F5N3O6. The maximum absolute atomic E-state index is 15.2. The Hall–Kier alpha value is -4.04. The summed E-state index contributed by atoms with van der Waals surface area (Å²) in [7, 11) is 0. The monoisotopic (exact) mass is 597 g/mol. The molecule has 1 aliphatic carbocycles. The van der Waals surface area contributed by atoms with Crippen molar-refractivity contribution < 1.29 is 51.2 Å². The third-order valence-electron chi connectivity index (χ3n) is 6.52. The van der Waals surface area contributed by atoms with Crippen molar-refractivity contribution in [2.75, 3.05) is 4.90 Å². The van der Waals surface area contributed by atoms with Crippen molar-refractivity contribution in [2.24, 2.45) is 0 Å². The number of alkyl halides is 3. The fraction of sp³-hybridized carbons (Fsp3) is 0.393. The van der Waals surface area contributed by atoms with Crippen molar-refractivity contribution >= 4 is 28.8 Å². The van der Waals surface area contributed by atoms with Crippen LogP contribution in [-0.2, 0) is 24.1 Å². The molecule has 0 unspecified atom stereocenters. The van der Waals surface area contributed by atoms with Crippen molar-refractivity contribution in [3.05, 3.63) is 64.9 Å². The lowest BCUT2D eigenvalue weighted by Crippen LogP contribution is -2.46. The minimum Gasteiger partial charge on any atom is -0.490 e. The molecule has 1 saturated carbocycles. The highest BCUT2D eigenvalue weighted by molar-refractivity contribution is 6.09. The Kier molecular flexibility index (Phi) is 8.60. The molecule has 2 amide bonds. The van der Waals surface area contributed by atoms with Crippen LogP contribution >= 0.6 is 0 Å². The van der Waals surface area contributed by atoms with Gasteiger partial charge in [-0.2, -0.15) is 18.1 Å². The molecule has 0 bridgehead atoms. The van der Waals surface area contributed by atoms with Crippen LogP contribution in [0.3, 0.4) is 0 Å². The minimum atomic E-state index is -4.87. The normalized spacial score (nSPS) is 17.1. The standard InChI is InChI=1S/C28H28F5N3O6/c1-27(2,3)42-26(40)36(25(38)39)24-10-18-19(11-35-24)14(13-37)6-23(30)20(18)12-34-15-7-17(8-15)41-16-4-5-22(29)21(9-16)28(31,32)33/h4-6,9-11,15,17,34,37H,7-8,12-13H2,1-3H3,(H,38,39). The average Bonchev–Trinajstić information content (AvgIpc) is 2.84. The molecule has 0 radical (unpaired) electrons. The number of aromatic nitrogens is 1. The molecule has 3 N–H and O–H groups in total. The molecule has 4 rings (SSSR count). The van der Waals surface area contributed by atoms with Gasteiger partial charge in [-0.05, 0) is 74.9 Å². The van der Waals surface area contributed by atoms with Crippen LogP contribution in [0.4, 0.5) is 37.4 Å². The van der Waals surface area contributed by atoms with Gasteiger partial charge in [-0.25, -0.2) is 23.4 Å². The molecule has 0 spiro atoms. The fourth-order valence-corrected chi connectivity index (χ4v) is 4.47. The number of imide groups is 1. The van der Waals surface area contributed by atoms with E-state index in [0.717, 1.165) is 12.1 Å². The average molecular weight is 598 g/mol. The van der Waals surface area contributed by atoms with Gasteiger partial charge >= 0.3 is 18.4 Å². The fourth-order valence-electron chi connectivity index (χ4n) is 4.47. The molecule has 2 aromatic carbocycles. The van der Waals surface area contributed by atoms with Crippen LogP contribution in [0.15, 0.2) is 36.5 Å². The third-order valence-corrected chi connectivity index (χ3v) is 6.52. The van der Waals surface area contributed by atoms with Gasteiger partial charge < -0.3 is 25.0 Å². The first-order valence-electron chi connectivity index (χ1n) is 12.8. The first kappa shape index (κ1) is 30.9. The molecule has 1 aromatic heterocycles. The van der Waals surface area contributed by atoms with Crippen molar-refractivity contribution in [2.45, 2.75) is 70.7 Å². The molecule has 0 saturated heterocycles. The van der Waals surface area contributed by atoms with E-state index in [1.54, 1.807) is 20.8 Å². The number of carbonyl (C=O) groups excluding carboxylic acids is 1. The van der Waals surface area contributed by atoms with E-state index in [4.69, 9.17) is 9.47 Å². The Morgan fingerprint density at radius 3 is 2.36 bits per heavy atom. The topological polar surface area (TPSA) is 121 Å². The molecule has 226 valence electrons. The largest absolute Gasteiger partial charge is 0.490 e. The number of carbonyl (C=O) groups is 2. The number of fused-ring (bicyclic) bond motifs is 1. The quantitative estimate of drug-likeness (QED) is 0.278. The maximum atomic E-state index is 15.2. The zero-order chi connectivity index (χ0) is 31.0. The molecule has 14 heteroatoms. The predicted octanol–water partition coefficient (Wildman–Crippen LogP) is 6.14. The van der Waals surface area contributed by atoms with Crippen molar-refractivity contribution in [3.63, 3.8) is 0 Å². The molecule has 0 aliphatic heterocycles. The van der Waals surface area contributed by atoms with Crippen molar-refractivity contribution in [3.8, 4) is 5.75 Å². The molecule has 1 fully saturated rings. The van der Waals surface area contributed by atoms with Gasteiger partial charge in [0.1, 0.15) is 34.9 Å². The van der Waals surface area contributed by atoms with Crippen LogP contribution in [0.2, 0.25) is 0 Å². The number of rotatable bonds is 7. The molecular weight excluding hydrogens is 569 g/mol. The van der Waals surface area contributed by atoms with E-state index in [1.165, 1.54) is 12.3 Å². The SMILES string of the molecule is CC(C)(C)OC(=O)N(C(=O)O)c1cc2c(CNC3CC(Oc4ccc(F)c(C(F)(F)F)c4)C3)c(F)cc(CO)c2cn1. The van der Waals surface area contributed by atoms with Gasteiger partial charge in [0.05, 0.1) is 12.2 Å². The van der Waals surface area contributed by atoms with E-state index < -0.39 is 53.9 Å². The summed E-state index contributed by atoms with van der Waals surface area (Å²) < 4.78 is 78.4. The number of halogens is 5. The van der Waals surface area contributed by atoms with Gasteiger partial charge in [-0.3, -0.25) is 0 Å². The van der Waals surface area contributed by atoms with E-state index >= 15 is 4.39 Å². The molecule has 42 heavy (non-hydrogen) atoms. The van der Waals surface area contributed by atoms with Gasteiger partial charge in [-0.15, -0.1) is 0 Å². The molecule has 1 aliphatic rings. The van der Waals surface area contributed by atoms with Crippen LogP contribution in [0.1, 0.15) is 50.3 Å². The summed E-state index contributed by atoms with van der Waals surface area (Å²) in [5.41, 5.74) is -2.13. The number of hydrogen-bond acceptors (Lipinski definition) is 7. The van der Waals surface area contributed by atoms with Gasteiger partial charge in [0.2, 0.25) is 0 Å². The van der Waals surface area contributed by atoms with Crippen molar-refractivity contribution in [1.29, 1.82) is 0 Å². The summed E-state index contributed by atoms with van der Waals surface area (Å²) in [6.45, 7) is 4.09. The van der Waals surface area contributed by atoms with Gasteiger partial charge in [0.15, 0.2) is 0 Å². The lowest BCUT2D eigenvalue weighted by atomic mass is 9.88. The highest BCUT2D eigenvalue weighted by Gasteiger charge is 2.36. The third kappa shape index (κ3) is 6.87. The van der Waals surface area contributed by atoms with Gasteiger partial charge in [0, 0.05) is 29.7 Å². The highest BCUT2D eigenvalue weighted by atomic mass is 19.4. The van der Waals surface area contributed by atoms with E-state index in [0.29, 0.717) is 35.3 Å². The summed E-state index contributed by atoms with van der Waals surface area (Å²) in [6, 6.07) is 4.54. The zero-order valence-corrected chi connectivity index (χ0v) is 22.8. The lowest BCUT2D eigenvalue weighted by molar-refractivity contribution is -0.140. The number of ether oxygens (including phenoxy) is 2. The number of nitrogens with one attached hydrogen (secondary N) is 1. The summed E-state index contributed by atoms with van der Waals surface area (Å²) >= 11 is 0. The summed E-state index contributed by atoms with van der Waals surface area (Å²) in [4.78, 5) is 28.8. The summed E-state index contributed by atoms with van der Waals surface area (Å²) in [5.74, 6) is -2.57. The number of aliphatic hydroxyl groups excluding tert-OH is 1. The predicted molar refractivity (Wildman–Crippen MR) is 140 cm³/mol. The molecule has 0 atom stereocenters. The second-order valence-electron chi connectivity index (χ2n) is 10.8. The summed E-state index contributed by atoms with van der Waals surface area (Å²) in [5, 5.41) is 23.1. The molecule has 9 nitrogen and oxygen atoms in total. The first-order chi connectivity index (χ1) is 19.6. The molecule has 1 heterocycles. The number of aliphatic hydroxyl groups is 1. The number of carboxylic acid groups (broad SMARTS) is 1. The van der Waals surface area contributed by atoms with Crippen LogP contribution in [-0.4, -0.2) is 45.1 Å².